The first-order valence-corrected chi connectivity index (χ1v) is 7.01. The highest BCUT2D eigenvalue weighted by molar-refractivity contribution is 6.36. The summed E-state index contributed by atoms with van der Waals surface area (Å²) in [5.74, 6) is -0.739. The van der Waals surface area contributed by atoms with Gasteiger partial charge in [0.15, 0.2) is 0 Å². The molecule has 0 aliphatic rings. The maximum atomic E-state index is 13.1. The van der Waals surface area contributed by atoms with E-state index in [0.29, 0.717) is 10.7 Å². The van der Waals surface area contributed by atoms with Crippen molar-refractivity contribution in [2.24, 2.45) is 0 Å². The Kier molecular flexibility index (Phi) is 3.94. The number of hydrogen-bond acceptors (Lipinski definition) is 1. The number of carbonyl (C=O) groups is 1. The fourth-order valence-corrected chi connectivity index (χ4v) is 2.50. The lowest BCUT2D eigenvalue weighted by Crippen LogP contribution is -2.07. The van der Waals surface area contributed by atoms with Gasteiger partial charge in [-0.1, -0.05) is 23.7 Å². The van der Waals surface area contributed by atoms with Crippen LogP contribution < -0.4 is 5.32 Å². The monoisotopic (exact) mass is 314 g/mol. The van der Waals surface area contributed by atoms with Crippen LogP contribution in [0.4, 0.5) is 10.1 Å². The maximum Gasteiger partial charge on any atom is 0.248 e. The highest BCUT2D eigenvalue weighted by atomic mass is 35.5. The Morgan fingerprint density at radius 3 is 2.86 bits per heavy atom. The molecule has 0 saturated carbocycles. The van der Waals surface area contributed by atoms with E-state index in [1.807, 2.05) is 12.1 Å². The number of halogens is 2. The summed E-state index contributed by atoms with van der Waals surface area (Å²) in [4.78, 5) is 15.0. The van der Waals surface area contributed by atoms with Gasteiger partial charge >= 0.3 is 0 Å². The SMILES string of the molecule is O=C(/C=C/c1c[nH]c2cccc(Cl)c12)Nc1cccc(F)c1. The summed E-state index contributed by atoms with van der Waals surface area (Å²) in [7, 11) is 0. The van der Waals surface area contributed by atoms with E-state index in [1.165, 1.54) is 24.3 Å². The molecule has 3 nitrogen and oxygen atoms in total. The molecule has 1 heterocycles. The molecule has 1 aromatic heterocycles. The maximum absolute atomic E-state index is 13.1. The molecule has 110 valence electrons. The van der Waals surface area contributed by atoms with Gasteiger partial charge in [-0.15, -0.1) is 0 Å². The summed E-state index contributed by atoms with van der Waals surface area (Å²) >= 11 is 6.17. The Bertz CT molecular complexity index is 870. The van der Waals surface area contributed by atoms with Gasteiger partial charge < -0.3 is 10.3 Å². The fourth-order valence-electron chi connectivity index (χ4n) is 2.21. The van der Waals surface area contributed by atoms with E-state index in [-0.39, 0.29) is 5.91 Å². The zero-order valence-corrected chi connectivity index (χ0v) is 12.2. The second-order valence-electron chi connectivity index (χ2n) is 4.74. The molecule has 0 bridgehead atoms. The lowest BCUT2D eigenvalue weighted by molar-refractivity contribution is -0.111. The average Bonchev–Trinajstić information content (AvgIpc) is 2.90. The van der Waals surface area contributed by atoms with E-state index < -0.39 is 5.82 Å². The number of H-pyrrole nitrogens is 1. The zero-order chi connectivity index (χ0) is 15.5. The second kappa shape index (κ2) is 6.03. The Morgan fingerprint density at radius 2 is 2.05 bits per heavy atom. The summed E-state index contributed by atoms with van der Waals surface area (Å²) in [6.07, 6.45) is 4.83. The van der Waals surface area contributed by atoms with Crippen LogP contribution in [0.25, 0.3) is 17.0 Å². The molecule has 0 aliphatic heterocycles. The van der Waals surface area contributed by atoms with Gasteiger partial charge in [-0.2, -0.15) is 0 Å². The Balaban J connectivity index is 1.79. The van der Waals surface area contributed by atoms with Crippen molar-refractivity contribution in [2.45, 2.75) is 0 Å². The number of nitrogens with one attached hydrogen (secondary N) is 2. The van der Waals surface area contributed by atoms with E-state index in [1.54, 1.807) is 24.4 Å². The molecule has 2 N–H and O–H groups in total. The molecule has 0 aliphatic carbocycles. The van der Waals surface area contributed by atoms with Crippen LogP contribution >= 0.6 is 11.6 Å². The second-order valence-corrected chi connectivity index (χ2v) is 5.15. The van der Waals surface area contributed by atoms with Crippen molar-refractivity contribution in [1.82, 2.24) is 4.98 Å². The summed E-state index contributed by atoms with van der Waals surface area (Å²) in [5, 5.41) is 4.07. The number of hydrogen-bond donors (Lipinski definition) is 2. The molecule has 1 amide bonds. The molecule has 5 heteroatoms. The highest BCUT2D eigenvalue weighted by Gasteiger charge is 2.05. The molecule has 0 radical (unpaired) electrons. The van der Waals surface area contributed by atoms with Crippen molar-refractivity contribution in [1.29, 1.82) is 0 Å². The summed E-state index contributed by atoms with van der Waals surface area (Å²) in [6.45, 7) is 0. The number of carbonyl (C=O) groups excluding carboxylic acids is 1. The number of aromatic nitrogens is 1. The number of rotatable bonds is 3. The Hall–Kier alpha value is -2.59. The summed E-state index contributed by atoms with van der Waals surface area (Å²) < 4.78 is 13.1. The molecule has 3 aromatic rings. The summed E-state index contributed by atoms with van der Waals surface area (Å²) in [6, 6.07) is 11.3. The molecule has 0 unspecified atom stereocenters. The average molecular weight is 315 g/mol. The first-order chi connectivity index (χ1) is 10.6. The minimum atomic E-state index is -0.398. The third kappa shape index (κ3) is 3.02. The van der Waals surface area contributed by atoms with Gasteiger partial charge in [0.25, 0.3) is 0 Å². The van der Waals surface area contributed by atoms with Gasteiger partial charge in [-0.05, 0) is 36.4 Å². The molecule has 3 rings (SSSR count). The van der Waals surface area contributed by atoms with E-state index in [9.17, 15) is 9.18 Å². The third-order valence-corrected chi connectivity index (χ3v) is 3.51. The predicted molar refractivity (Wildman–Crippen MR) is 87.4 cm³/mol. The van der Waals surface area contributed by atoms with Crippen molar-refractivity contribution in [3.63, 3.8) is 0 Å². The molecule has 0 atom stereocenters. The van der Waals surface area contributed by atoms with Crippen molar-refractivity contribution in [3.8, 4) is 0 Å². The number of benzene rings is 2. The Labute approximate surface area is 131 Å². The van der Waals surface area contributed by atoms with E-state index in [4.69, 9.17) is 11.6 Å². The Morgan fingerprint density at radius 1 is 1.23 bits per heavy atom. The lowest BCUT2D eigenvalue weighted by atomic mass is 10.1. The zero-order valence-electron chi connectivity index (χ0n) is 11.4. The van der Waals surface area contributed by atoms with E-state index >= 15 is 0 Å². The smallest absolute Gasteiger partial charge is 0.248 e. The standard InChI is InChI=1S/C17H12ClFN2O/c18-14-5-2-6-15-17(14)11(10-20-15)7-8-16(22)21-13-4-1-3-12(19)9-13/h1-10,20H,(H,21,22)/b8-7+. The van der Waals surface area contributed by atoms with Crippen molar-refractivity contribution >= 4 is 40.2 Å². The number of anilines is 1. The van der Waals surface area contributed by atoms with Gasteiger partial charge in [0.1, 0.15) is 5.82 Å². The van der Waals surface area contributed by atoms with Crippen LogP contribution in [0.3, 0.4) is 0 Å². The normalized spacial score (nSPS) is 11.2. The molecule has 0 spiro atoms. The first-order valence-electron chi connectivity index (χ1n) is 6.64. The topological polar surface area (TPSA) is 44.9 Å². The van der Waals surface area contributed by atoms with Crippen molar-refractivity contribution in [2.75, 3.05) is 5.32 Å². The molecule has 2 aromatic carbocycles. The number of aromatic amines is 1. The van der Waals surface area contributed by atoms with E-state index in [0.717, 1.165) is 16.5 Å². The van der Waals surface area contributed by atoms with Crippen molar-refractivity contribution in [3.05, 3.63) is 71.1 Å². The van der Waals surface area contributed by atoms with Crippen LogP contribution in [-0.2, 0) is 4.79 Å². The van der Waals surface area contributed by atoms with Gasteiger partial charge in [0.05, 0.1) is 5.02 Å². The van der Waals surface area contributed by atoms with Crippen molar-refractivity contribution < 1.29 is 9.18 Å². The van der Waals surface area contributed by atoms with Crippen LogP contribution in [0.1, 0.15) is 5.56 Å². The third-order valence-electron chi connectivity index (χ3n) is 3.19. The highest BCUT2D eigenvalue weighted by Crippen LogP contribution is 2.27. The number of amides is 1. The molecular weight excluding hydrogens is 303 g/mol. The van der Waals surface area contributed by atoms with Crippen LogP contribution in [0, 0.1) is 5.82 Å². The molecular formula is C17H12ClFN2O. The number of fused-ring (bicyclic) bond motifs is 1. The lowest BCUT2D eigenvalue weighted by Gasteiger charge is -2.01. The molecule has 22 heavy (non-hydrogen) atoms. The van der Waals surface area contributed by atoms with Crippen LogP contribution in [0.2, 0.25) is 5.02 Å². The minimum Gasteiger partial charge on any atom is -0.361 e. The van der Waals surface area contributed by atoms with Gasteiger partial charge in [0, 0.05) is 34.4 Å². The van der Waals surface area contributed by atoms with Crippen LogP contribution in [0.15, 0.2) is 54.7 Å². The van der Waals surface area contributed by atoms with Gasteiger partial charge in [-0.3, -0.25) is 4.79 Å². The minimum absolute atomic E-state index is 0.341. The predicted octanol–water partition coefficient (Wildman–Crippen LogP) is 4.61. The summed E-state index contributed by atoms with van der Waals surface area (Å²) in [5.41, 5.74) is 2.12. The molecule has 0 saturated heterocycles. The van der Waals surface area contributed by atoms with Gasteiger partial charge in [0.2, 0.25) is 5.91 Å². The van der Waals surface area contributed by atoms with Crippen LogP contribution in [0.5, 0.6) is 0 Å². The quantitative estimate of drug-likeness (QED) is 0.681. The van der Waals surface area contributed by atoms with Gasteiger partial charge in [-0.25, -0.2) is 4.39 Å². The largest absolute Gasteiger partial charge is 0.361 e. The van der Waals surface area contributed by atoms with Crippen LogP contribution in [-0.4, -0.2) is 10.9 Å². The fraction of sp³-hybridized carbons (Fsp3) is 0. The molecule has 0 fully saturated rings. The van der Waals surface area contributed by atoms with E-state index in [2.05, 4.69) is 10.3 Å². The first kappa shape index (κ1) is 14.4.